The van der Waals surface area contributed by atoms with Crippen LogP contribution in [0.15, 0.2) is 0 Å². The van der Waals surface area contributed by atoms with Gasteiger partial charge in [-0.25, -0.2) is 8.42 Å². The molecule has 0 atom stereocenters. The van der Waals surface area contributed by atoms with Gasteiger partial charge in [-0.1, -0.05) is 0 Å². The molecule has 7 heteroatoms. The summed E-state index contributed by atoms with van der Waals surface area (Å²) in [5.74, 6) is -3.55. The summed E-state index contributed by atoms with van der Waals surface area (Å²) in [4.78, 5) is 20.5. The summed E-state index contributed by atoms with van der Waals surface area (Å²) in [6.07, 6.45) is -0.313. The fraction of sp³-hybridized carbons (Fsp3) is 0.667. The van der Waals surface area contributed by atoms with Crippen LogP contribution >= 0.6 is 0 Å². The fourth-order valence-corrected chi connectivity index (χ4v) is 1.60. The third kappa shape index (κ3) is 6.09. The van der Waals surface area contributed by atoms with Gasteiger partial charge in [0.25, 0.3) is 0 Å². The molecule has 1 N–H and O–H groups in total. The Morgan fingerprint density at radius 2 is 1.92 bits per heavy atom. The molecule has 0 heterocycles. The molecule has 0 spiro atoms. The molecular formula is C6H10O6S. The highest BCUT2D eigenvalue weighted by Crippen LogP contribution is 1.95. The largest absolute Gasteiger partial charge is 0.480 e. The summed E-state index contributed by atoms with van der Waals surface area (Å²) in [5.41, 5.74) is 0. The fourth-order valence-electron chi connectivity index (χ4n) is 0.601. The molecule has 0 radical (unpaired) electrons. The second-order valence-electron chi connectivity index (χ2n) is 2.31. The van der Waals surface area contributed by atoms with E-state index in [1.807, 2.05) is 0 Å². The molecule has 0 amide bonds. The molecule has 0 bridgehead atoms. The van der Waals surface area contributed by atoms with Crippen LogP contribution in [0.4, 0.5) is 0 Å². The van der Waals surface area contributed by atoms with Gasteiger partial charge < -0.3 is 9.84 Å². The predicted octanol–water partition coefficient (Wildman–Crippen LogP) is -0.951. The predicted molar refractivity (Wildman–Crippen MR) is 42.9 cm³/mol. The van der Waals surface area contributed by atoms with Gasteiger partial charge in [-0.05, 0) is 0 Å². The Hall–Kier alpha value is -1.11. The zero-order chi connectivity index (χ0) is 10.5. The van der Waals surface area contributed by atoms with Gasteiger partial charge in [-0.15, -0.1) is 0 Å². The van der Waals surface area contributed by atoms with E-state index in [1.165, 1.54) is 0 Å². The van der Waals surface area contributed by atoms with Crippen LogP contribution in [0.3, 0.4) is 0 Å². The van der Waals surface area contributed by atoms with Crippen molar-refractivity contribution in [1.29, 1.82) is 0 Å². The van der Waals surface area contributed by atoms with Gasteiger partial charge in [0.2, 0.25) is 0 Å². The van der Waals surface area contributed by atoms with E-state index in [-0.39, 0.29) is 6.42 Å². The Balaban J connectivity index is 4.05. The van der Waals surface area contributed by atoms with Crippen LogP contribution in [0, 0.1) is 0 Å². The Bertz CT molecular complexity index is 290. The molecule has 0 aliphatic heterocycles. The molecule has 6 nitrogen and oxygen atoms in total. The second-order valence-corrected chi connectivity index (χ2v) is 4.50. The van der Waals surface area contributed by atoms with Crippen molar-refractivity contribution in [2.75, 3.05) is 18.6 Å². The van der Waals surface area contributed by atoms with Crippen molar-refractivity contribution in [3.05, 3.63) is 0 Å². The first-order valence-electron chi connectivity index (χ1n) is 3.36. The summed E-state index contributed by atoms with van der Waals surface area (Å²) in [6, 6.07) is 0. The SMILES string of the molecule is COC(=O)CCS(=O)(=O)CC(=O)O. The Morgan fingerprint density at radius 3 is 2.31 bits per heavy atom. The second kappa shape index (κ2) is 4.80. The summed E-state index contributed by atoms with van der Waals surface area (Å²) in [5, 5.41) is 8.18. The van der Waals surface area contributed by atoms with E-state index >= 15 is 0 Å². The summed E-state index contributed by atoms with van der Waals surface area (Å²) in [7, 11) is -2.56. The number of hydrogen-bond acceptors (Lipinski definition) is 5. The monoisotopic (exact) mass is 210 g/mol. The van der Waals surface area contributed by atoms with Crippen molar-refractivity contribution in [1.82, 2.24) is 0 Å². The smallest absolute Gasteiger partial charge is 0.318 e. The van der Waals surface area contributed by atoms with Gasteiger partial charge >= 0.3 is 11.9 Å². The first-order chi connectivity index (χ1) is 5.87. The van der Waals surface area contributed by atoms with Crippen LogP contribution in [0.2, 0.25) is 0 Å². The van der Waals surface area contributed by atoms with Crippen LogP contribution in [0.1, 0.15) is 6.42 Å². The highest BCUT2D eigenvalue weighted by Gasteiger charge is 2.17. The number of aliphatic carboxylic acids is 1. The molecule has 13 heavy (non-hydrogen) atoms. The topological polar surface area (TPSA) is 97.7 Å². The lowest BCUT2D eigenvalue weighted by Gasteiger charge is -1.99. The van der Waals surface area contributed by atoms with E-state index in [0.717, 1.165) is 7.11 Å². The standard InChI is InChI=1S/C6H10O6S/c1-12-6(9)2-3-13(10,11)4-5(7)8/h2-4H2,1H3,(H,7,8). The first kappa shape index (κ1) is 11.9. The molecule has 0 saturated heterocycles. The molecular weight excluding hydrogens is 200 g/mol. The number of esters is 1. The molecule has 0 unspecified atom stereocenters. The zero-order valence-electron chi connectivity index (χ0n) is 7.02. The molecule has 0 aromatic heterocycles. The molecule has 0 aliphatic rings. The summed E-state index contributed by atoms with van der Waals surface area (Å²) < 4.78 is 25.9. The van der Waals surface area contributed by atoms with E-state index in [9.17, 15) is 18.0 Å². The number of carbonyl (C=O) groups excluding carboxylic acids is 1. The lowest BCUT2D eigenvalue weighted by Crippen LogP contribution is -2.20. The van der Waals surface area contributed by atoms with Crippen LogP contribution in [-0.4, -0.2) is 44.1 Å². The van der Waals surface area contributed by atoms with Crippen molar-refractivity contribution in [3.8, 4) is 0 Å². The minimum absolute atomic E-state index is 0.313. The van der Waals surface area contributed by atoms with Crippen LogP contribution < -0.4 is 0 Å². The zero-order valence-corrected chi connectivity index (χ0v) is 7.83. The van der Waals surface area contributed by atoms with Gasteiger partial charge in [0.15, 0.2) is 9.84 Å². The van der Waals surface area contributed by atoms with E-state index in [0.29, 0.717) is 0 Å². The minimum Gasteiger partial charge on any atom is -0.480 e. The van der Waals surface area contributed by atoms with Crippen LogP contribution in [0.25, 0.3) is 0 Å². The average Bonchev–Trinajstić information content (AvgIpc) is 1.98. The maximum Gasteiger partial charge on any atom is 0.318 e. The number of carboxylic acid groups (broad SMARTS) is 1. The molecule has 0 fully saturated rings. The minimum atomic E-state index is -3.69. The van der Waals surface area contributed by atoms with Gasteiger partial charge in [0, 0.05) is 0 Å². The molecule has 0 aliphatic carbocycles. The van der Waals surface area contributed by atoms with Crippen molar-refractivity contribution >= 4 is 21.8 Å². The maximum absolute atomic E-state index is 10.9. The highest BCUT2D eigenvalue weighted by atomic mass is 32.2. The van der Waals surface area contributed by atoms with Crippen molar-refractivity contribution < 1.29 is 27.9 Å². The Morgan fingerprint density at radius 1 is 1.38 bits per heavy atom. The van der Waals surface area contributed by atoms with E-state index in [4.69, 9.17) is 5.11 Å². The average molecular weight is 210 g/mol. The van der Waals surface area contributed by atoms with E-state index < -0.39 is 33.3 Å². The number of sulfone groups is 1. The van der Waals surface area contributed by atoms with Gasteiger partial charge in [0.05, 0.1) is 19.3 Å². The Kier molecular flexibility index (Phi) is 4.39. The molecule has 0 rings (SSSR count). The van der Waals surface area contributed by atoms with Crippen LogP contribution in [-0.2, 0) is 24.2 Å². The van der Waals surface area contributed by atoms with Gasteiger partial charge in [0.1, 0.15) is 5.75 Å². The molecule has 0 saturated carbocycles. The molecule has 0 aromatic carbocycles. The van der Waals surface area contributed by atoms with Crippen molar-refractivity contribution in [3.63, 3.8) is 0 Å². The lowest BCUT2D eigenvalue weighted by atomic mass is 10.5. The number of ether oxygens (including phenoxy) is 1. The summed E-state index contributed by atoms with van der Waals surface area (Å²) in [6.45, 7) is 0. The van der Waals surface area contributed by atoms with E-state index in [2.05, 4.69) is 4.74 Å². The maximum atomic E-state index is 10.9. The van der Waals surface area contributed by atoms with Gasteiger partial charge in [-0.3, -0.25) is 9.59 Å². The highest BCUT2D eigenvalue weighted by molar-refractivity contribution is 7.92. The lowest BCUT2D eigenvalue weighted by molar-refractivity contribution is -0.140. The summed E-state index contributed by atoms with van der Waals surface area (Å²) >= 11 is 0. The van der Waals surface area contributed by atoms with Crippen LogP contribution in [0.5, 0.6) is 0 Å². The quantitative estimate of drug-likeness (QED) is 0.587. The number of hydrogen-bond donors (Lipinski definition) is 1. The number of carboxylic acids is 1. The number of carbonyl (C=O) groups is 2. The first-order valence-corrected chi connectivity index (χ1v) is 5.18. The van der Waals surface area contributed by atoms with Crippen molar-refractivity contribution in [2.45, 2.75) is 6.42 Å². The Labute approximate surface area is 75.4 Å². The third-order valence-corrected chi connectivity index (χ3v) is 2.70. The van der Waals surface area contributed by atoms with Gasteiger partial charge in [-0.2, -0.15) is 0 Å². The van der Waals surface area contributed by atoms with Crippen molar-refractivity contribution in [2.24, 2.45) is 0 Å². The number of methoxy groups -OCH3 is 1. The third-order valence-electron chi connectivity index (χ3n) is 1.19. The normalized spacial score (nSPS) is 10.8. The van der Waals surface area contributed by atoms with E-state index in [1.54, 1.807) is 0 Å². The number of rotatable bonds is 5. The molecule has 0 aromatic rings. The molecule has 76 valence electrons.